The number of carboxylic acids is 1. The summed E-state index contributed by atoms with van der Waals surface area (Å²) in [4.78, 5) is 24.4. The van der Waals surface area contributed by atoms with E-state index in [1.807, 2.05) is 0 Å². The van der Waals surface area contributed by atoms with E-state index in [-0.39, 0.29) is 28.2 Å². The minimum Gasteiger partial charge on any atom is -0.496 e. The van der Waals surface area contributed by atoms with Gasteiger partial charge in [-0.1, -0.05) is 0 Å². The first-order valence-electron chi connectivity index (χ1n) is 8.14. The lowest BCUT2D eigenvalue weighted by molar-refractivity contribution is -0.136. The number of benzene rings is 2. The predicted octanol–water partition coefficient (Wildman–Crippen LogP) is 1.89. The van der Waals surface area contributed by atoms with Crippen LogP contribution in [0.4, 0.5) is 0 Å². The van der Waals surface area contributed by atoms with Crippen LogP contribution in [0, 0.1) is 0 Å². The molecule has 8 heteroatoms. The lowest BCUT2D eigenvalue weighted by Crippen LogP contribution is -2.11. The number of hydrogen-bond donors (Lipinski definition) is 1. The normalized spacial score (nSPS) is 13.0. The van der Waals surface area contributed by atoms with Crippen molar-refractivity contribution in [2.75, 3.05) is 20.0 Å². The summed E-state index contributed by atoms with van der Waals surface area (Å²) < 4.78 is 34.2. The summed E-state index contributed by atoms with van der Waals surface area (Å²) in [6, 6.07) is 7.25. The molecule has 1 N–H and O–H groups in total. The smallest absolute Gasteiger partial charge is 0.307 e. The summed E-state index contributed by atoms with van der Waals surface area (Å²) in [7, 11) is -2.01. The molecule has 142 valence electrons. The molecule has 0 aliphatic carbocycles. The number of ketones is 1. The zero-order chi connectivity index (χ0) is 19.8. The van der Waals surface area contributed by atoms with Crippen molar-refractivity contribution < 1.29 is 32.6 Å². The van der Waals surface area contributed by atoms with Crippen LogP contribution < -0.4 is 9.47 Å². The summed E-state index contributed by atoms with van der Waals surface area (Å²) in [6.45, 7) is 0.391. The van der Waals surface area contributed by atoms with E-state index < -0.39 is 21.6 Å². The summed E-state index contributed by atoms with van der Waals surface area (Å²) in [5, 5.41) is 9.16. The first-order chi connectivity index (χ1) is 12.7. The molecule has 1 aliphatic heterocycles. The van der Waals surface area contributed by atoms with Gasteiger partial charge in [0.1, 0.15) is 17.1 Å². The maximum Gasteiger partial charge on any atom is 0.307 e. The SMILES string of the molecule is COc1c(CC(=O)O)cc2c(c1C(=O)c1ccc(S(C)(=O)=O)cc1)OCC2. The van der Waals surface area contributed by atoms with Crippen LogP contribution in [0.3, 0.4) is 0 Å². The van der Waals surface area contributed by atoms with Gasteiger partial charge in [-0.2, -0.15) is 0 Å². The van der Waals surface area contributed by atoms with Crippen LogP contribution in [0.15, 0.2) is 35.2 Å². The van der Waals surface area contributed by atoms with E-state index >= 15 is 0 Å². The number of aliphatic carboxylic acids is 1. The first-order valence-corrected chi connectivity index (χ1v) is 10.0. The molecule has 0 bridgehead atoms. The second kappa shape index (κ2) is 7.03. The van der Waals surface area contributed by atoms with Crippen molar-refractivity contribution in [1.82, 2.24) is 0 Å². The Morgan fingerprint density at radius 2 is 1.89 bits per heavy atom. The Kier molecular flexibility index (Phi) is 4.93. The highest BCUT2D eigenvalue weighted by Crippen LogP contribution is 2.40. The van der Waals surface area contributed by atoms with E-state index in [4.69, 9.17) is 14.6 Å². The van der Waals surface area contributed by atoms with Gasteiger partial charge in [0.15, 0.2) is 9.84 Å². The third-order valence-corrected chi connectivity index (χ3v) is 5.45. The van der Waals surface area contributed by atoms with E-state index in [0.29, 0.717) is 24.3 Å². The second-order valence-electron chi connectivity index (χ2n) is 6.23. The number of carbonyl (C=O) groups is 2. The summed E-state index contributed by atoms with van der Waals surface area (Å²) >= 11 is 0. The molecular weight excluding hydrogens is 372 g/mol. The zero-order valence-electron chi connectivity index (χ0n) is 14.8. The third-order valence-electron chi connectivity index (χ3n) is 4.32. The molecule has 3 rings (SSSR count). The second-order valence-corrected chi connectivity index (χ2v) is 8.24. The molecule has 0 atom stereocenters. The Bertz CT molecular complexity index is 1020. The number of fused-ring (bicyclic) bond motifs is 1. The Labute approximate surface area is 156 Å². The standard InChI is InChI=1S/C19H18O7S/c1-25-18-13(10-15(20)21)9-12-7-8-26-19(12)16(18)17(22)11-3-5-14(6-4-11)27(2,23)24/h3-6,9H,7-8,10H2,1-2H3,(H,20,21). The Hall–Kier alpha value is -2.87. The lowest BCUT2D eigenvalue weighted by atomic mass is 9.94. The van der Waals surface area contributed by atoms with Crippen LogP contribution in [0.1, 0.15) is 27.0 Å². The van der Waals surface area contributed by atoms with Gasteiger partial charge in [0.05, 0.1) is 25.0 Å². The van der Waals surface area contributed by atoms with Gasteiger partial charge in [0.25, 0.3) is 0 Å². The zero-order valence-corrected chi connectivity index (χ0v) is 15.6. The molecule has 2 aromatic rings. The van der Waals surface area contributed by atoms with Gasteiger partial charge in [0, 0.05) is 23.8 Å². The van der Waals surface area contributed by atoms with Gasteiger partial charge < -0.3 is 14.6 Å². The average molecular weight is 390 g/mol. The van der Waals surface area contributed by atoms with Crippen LogP contribution >= 0.6 is 0 Å². The molecule has 1 heterocycles. The van der Waals surface area contributed by atoms with Crippen molar-refractivity contribution in [3.8, 4) is 11.5 Å². The Morgan fingerprint density at radius 1 is 1.22 bits per heavy atom. The molecule has 2 aromatic carbocycles. The minimum atomic E-state index is -3.38. The first kappa shape index (κ1) is 18.9. The molecule has 1 aliphatic rings. The molecule has 27 heavy (non-hydrogen) atoms. The van der Waals surface area contributed by atoms with Crippen LogP contribution in [0.2, 0.25) is 0 Å². The van der Waals surface area contributed by atoms with E-state index in [1.54, 1.807) is 6.07 Å². The van der Waals surface area contributed by atoms with Crippen molar-refractivity contribution >= 4 is 21.6 Å². The fourth-order valence-electron chi connectivity index (χ4n) is 3.11. The number of carbonyl (C=O) groups excluding carboxylic acids is 1. The highest BCUT2D eigenvalue weighted by atomic mass is 32.2. The quantitative estimate of drug-likeness (QED) is 0.751. The number of sulfone groups is 1. The fraction of sp³-hybridized carbons (Fsp3) is 0.263. The largest absolute Gasteiger partial charge is 0.496 e. The van der Waals surface area contributed by atoms with E-state index in [2.05, 4.69) is 0 Å². The third kappa shape index (κ3) is 3.66. The molecule has 0 saturated carbocycles. The van der Waals surface area contributed by atoms with Crippen molar-refractivity contribution in [2.45, 2.75) is 17.7 Å². The number of carboxylic acid groups (broad SMARTS) is 1. The molecule has 0 amide bonds. The topological polar surface area (TPSA) is 107 Å². The molecule has 0 unspecified atom stereocenters. The molecule has 0 spiro atoms. The molecule has 0 aromatic heterocycles. The van der Waals surface area contributed by atoms with Crippen molar-refractivity contribution in [2.24, 2.45) is 0 Å². The van der Waals surface area contributed by atoms with Gasteiger partial charge >= 0.3 is 5.97 Å². The highest BCUT2D eigenvalue weighted by molar-refractivity contribution is 7.90. The molecule has 0 radical (unpaired) electrons. The molecule has 7 nitrogen and oxygen atoms in total. The van der Waals surface area contributed by atoms with Gasteiger partial charge in [-0.25, -0.2) is 8.42 Å². The van der Waals surface area contributed by atoms with Gasteiger partial charge in [0.2, 0.25) is 5.78 Å². The molecule has 0 fully saturated rings. The highest BCUT2D eigenvalue weighted by Gasteiger charge is 2.29. The van der Waals surface area contributed by atoms with Crippen LogP contribution in [0.5, 0.6) is 11.5 Å². The van der Waals surface area contributed by atoms with Crippen molar-refractivity contribution in [1.29, 1.82) is 0 Å². The number of hydrogen-bond acceptors (Lipinski definition) is 6. The summed E-state index contributed by atoms with van der Waals surface area (Å²) in [6.07, 6.45) is 1.37. The maximum atomic E-state index is 13.1. The molecular formula is C19H18O7S. The number of ether oxygens (including phenoxy) is 2. The average Bonchev–Trinajstić information content (AvgIpc) is 3.06. The van der Waals surface area contributed by atoms with E-state index in [0.717, 1.165) is 11.8 Å². The Balaban J connectivity index is 2.13. The Morgan fingerprint density at radius 3 is 2.44 bits per heavy atom. The van der Waals surface area contributed by atoms with Gasteiger partial charge in [-0.05, 0) is 35.9 Å². The van der Waals surface area contributed by atoms with Crippen molar-refractivity contribution in [3.63, 3.8) is 0 Å². The van der Waals surface area contributed by atoms with E-state index in [9.17, 15) is 18.0 Å². The number of rotatable bonds is 6. The summed E-state index contributed by atoms with van der Waals surface area (Å²) in [5.41, 5.74) is 1.57. The monoisotopic (exact) mass is 390 g/mol. The molecule has 0 saturated heterocycles. The van der Waals surface area contributed by atoms with Crippen LogP contribution in [-0.4, -0.2) is 45.2 Å². The lowest BCUT2D eigenvalue weighted by Gasteiger charge is -2.16. The number of methoxy groups -OCH3 is 1. The predicted molar refractivity (Wildman–Crippen MR) is 96.5 cm³/mol. The van der Waals surface area contributed by atoms with Gasteiger partial charge in [-0.3, -0.25) is 9.59 Å². The van der Waals surface area contributed by atoms with Crippen molar-refractivity contribution in [3.05, 3.63) is 52.6 Å². The van der Waals surface area contributed by atoms with Gasteiger partial charge in [-0.15, -0.1) is 0 Å². The van der Waals surface area contributed by atoms with Crippen LogP contribution in [0.25, 0.3) is 0 Å². The van der Waals surface area contributed by atoms with Crippen LogP contribution in [-0.2, 0) is 27.5 Å². The maximum absolute atomic E-state index is 13.1. The van der Waals surface area contributed by atoms with E-state index in [1.165, 1.54) is 31.4 Å². The summed E-state index contributed by atoms with van der Waals surface area (Å²) in [5.74, 6) is -0.909. The fourth-order valence-corrected chi connectivity index (χ4v) is 3.74. The minimum absolute atomic E-state index is 0.104.